The number of anilines is 1. The SMILES string of the molecule is CC(Nc1ccc2ccccc2c1)C(=O)NN=Cc1cccc([N+](=O)[O-])c1. The monoisotopic (exact) mass is 362 g/mol. The van der Waals surface area contributed by atoms with Crippen molar-refractivity contribution in [2.24, 2.45) is 5.10 Å². The van der Waals surface area contributed by atoms with Gasteiger partial charge in [0.25, 0.3) is 11.6 Å². The molecule has 1 unspecified atom stereocenters. The lowest BCUT2D eigenvalue weighted by Crippen LogP contribution is -2.34. The molecule has 1 atom stereocenters. The molecule has 2 N–H and O–H groups in total. The number of amides is 1. The number of nitrogens with zero attached hydrogens (tertiary/aromatic N) is 2. The highest BCUT2D eigenvalue weighted by molar-refractivity contribution is 5.89. The summed E-state index contributed by atoms with van der Waals surface area (Å²) >= 11 is 0. The molecule has 0 aliphatic rings. The number of non-ortho nitro benzene ring substituents is 1. The van der Waals surface area contributed by atoms with Crippen LogP contribution in [0.2, 0.25) is 0 Å². The topological polar surface area (TPSA) is 96.6 Å². The van der Waals surface area contributed by atoms with Gasteiger partial charge in [-0.15, -0.1) is 0 Å². The Morgan fingerprint density at radius 1 is 1.07 bits per heavy atom. The van der Waals surface area contributed by atoms with Crippen LogP contribution in [0.4, 0.5) is 11.4 Å². The van der Waals surface area contributed by atoms with Gasteiger partial charge >= 0.3 is 0 Å². The maximum absolute atomic E-state index is 12.2. The molecule has 136 valence electrons. The Labute approximate surface area is 155 Å². The highest BCUT2D eigenvalue weighted by Gasteiger charge is 2.12. The molecule has 0 aliphatic carbocycles. The van der Waals surface area contributed by atoms with Crippen molar-refractivity contribution < 1.29 is 9.72 Å². The molecule has 0 radical (unpaired) electrons. The third kappa shape index (κ3) is 4.66. The van der Waals surface area contributed by atoms with E-state index < -0.39 is 11.0 Å². The molecule has 3 aromatic carbocycles. The Hall–Kier alpha value is -3.74. The second-order valence-electron chi connectivity index (χ2n) is 6.01. The van der Waals surface area contributed by atoms with E-state index in [1.807, 2.05) is 42.5 Å². The van der Waals surface area contributed by atoms with Crippen molar-refractivity contribution in [1.29, 1.82) is 0 Å². The Bertz CT molecular complexity index is 1020. The summed E-state index contributed by atoms with van der Waals surface area (Å²) in [6.07, 6.45) is 1.37. The van der Waals surface area contributed by atoms with Crippen molar-refractivity contribution in [2.75, 3.05) is 5.32 Å². The minimum absolute atomic E-state index is 0.0309. The van der Waals surface area contributed by atoms with Crippen molar-refractivity contribution in [3.8, 4) is 0 Å². The molecule has 1 amide bonds. The minimum Gasteiger partial charge on any atom is -0.374 e. The zero-order chi connectivity index (χ0) is 19.2. The summed E-state index contributed by atoms with van der Waals surface area (Å²) in [4.78, 5) is 22.5. The van der Waals surface area contributed by atoms with Crippen LogP contribution in [0.1, 0.15) is 12.5 Å². The van der Waals surface area contributed by atoms with Crippen molar-refractivity contribution in [2.45, 2.75) is 13.0 Å². The normalized spacial score (nSPS) is 12.0. The van der Waals surface area contributed by atoms with Gasteiger partial charge in [-0.05, 0) is 29.8 Å². The van der Waals surface area contributed by atoms with Crippen LogP contribution in [0, 0.1) is 10.1 Å². The van der Waals surface area contributed by atoms with Crippen molar-refractivity contribution in [3.63, 3.8) is 0 Å². The summed E-state index contributed by atoms with van der Waals surface area (Å²) in [6, 6.07) is 19.4. The van der Waals surface area contributed by atoms with E-state index in [9.17, 15) is 14.9 Å². The van der Waals surface area contributed by atoms with Crippen LogP contribution >= 0.6 is 0 Å². The molecule has 0 fully saturated rings. The van der Waals surface area contributed by atoms with Crippen LogP contribution < -0.4 is 10.7 Å². The first-order valence-corrected chi connectivity index (χ1v) is 8.35. The quantitative estimate of drug-likeness (QED) is 0.397. The van der Waals surface area contributed by atoms with Gasteiger partial charge in [-0.1, -0.05) is 42.5 Å². The molecule has 27 heavy (non-hydrogen) atoms. The summed E-state index contributed by atoms with van der Waals surface area (Å²) < 4.78 is 0. The molecule has 3 rings (SSSR count). The first-order valence-electron chi connectivity index (χ1n) is 8.35. The number of nitro benzene ring substituents is 1. The summed E-state index contributed by atoms with van der Waals surface area (Å²) in [6.45, 7) is 1.73. The molecule has 0 heterocycles. The van der Waals surface area contributed by atoms with E-state index >= 15 is 0 Å². The number of rotatable bonds is 6. The summed E-state index contributed by atoms with van der Waals surface area (Å²) in [5, 5.41) is 20.0. The summed E-state index contributed by atoms with van der Waals surface area (Å²) in [7, 11) is 0. The zero-order valence-corrected chi connectivity index (χ0v) is 14.6. The number of carbonyl (C=O) groups excluding carboxylic acids is 1. The number of nitro groups is 1. The van der Waals surface area contributed by atoms with Gasteiger partial charge in [-0.2, -0.15) is 5.10 Å². The van der Waals surface area contributed by atoms with E-state index in [0.29, 0.717) is 5.56 Å². The van der Waals surface area contributed by atoms with E-state index in [2.05, 4.69) is 15.8 Å². The van der Waals surface area contributed by atoms with Crippen LogP contribution in [-0.4, -0.2) is 23.1 Å². The predicted octanol–water partition coefficient (Wildman–Crippen LogP) is 3.70. The molecule has 0 saturated carbocycles. The Morgan fingerprint density at radius 3 is 2.63 bits per heavy atom. The molecule has 0 aromatic heterocycles. The fraction of sp³-hybridized carbons (Fsp3) is 0.100. The first kappa shape index (κ1) is 18.1. The van der Waals surface area contributed by atoms with Gasteiger partial charge in [-0.3, -0.25) is 14.9 Å². The lowest BCUT2D eigenvalue weighted by molar-refractivity contribution is -0.384. The number of hydrazone groups is 1. The highest BCUT2D eigenvalue weighted by atomic mass is 16.6. The average Bonchev–Trinajstić information content (AvgIpc) is 2.68. The fourth-order valence-electron chi connectivity index (χ4n) is 2.58. The van der Waals surface area contributed by atoms with Crippen LogP contribution in [0.5, 0.6) is 0 Å². The zero-order valence-electron chi connectivity index (χ0n) is 14.6. The third-order valence-corrected chi connectivity index (χ3v) is 4.00. The molecule has 0 saturated heterocycles. The van der Waals surface area contributed by atoms with Gasteiger partial charge in [0.2, 0.25) is 0 Å². The number of fused-ring (bicyclic) bond motifs is 1. The number of nitrogens with one attached hydrogen (secondary N) is 2. The number of benzene rings is 3. The maximum atomic E-state index is 12.2. The molecule has 0 spiro atoms. The van der Waals surface area contributed by atoms with Gasteiger partial charge < -0.3 is 5.32 Å². The number of hydrogen-bond acceptors (Lipinski definition) is 5. The largest absolute Gasteiger partial charge is 0.374 e. The summed E-state index contributed by atoms with van der Waals surface area (Å²) in [5.74, 6) is -0.315. The summed E-state index contributed by atoms with van der Waals surface area (Å²) in [5.41, 5.74) is 3.76. The van der Waals surface area contributed by atoms with Crippen LogP contribution in [0.3, 0.4) is 0 Å². The number of hydrogen-bond donors (Lipinski definition) is 2. The molecule has 0 aliphatic heterocycles. The van der Waals surface area contributed by atoms with Crippen LogP contribution in [-0.2, 0) is 4.79 Å². The van der Waals surface area contributed by atoms with E-state index in [1.165, 1.54) is 18.3 Å². The fourth-order valence-corrected chi connectivity index (χ4v) is 2.58. The lowest BCUT2D eigenvalue weighted by atomic mass is 10.1. The first-order chi connectivity index (χ1) is 13.0. The molecular formula is C20H18N4O3. The Balaban J connectivity index is 1.60. The smallest absolute Gasteiger partial charge is 0.270 e. The molecule has 7 heteroatoms. The number of carbonyl (C=O) groups is 1. The van der Waals surface area contributed by atoms with Gasteiger partial charge in [0.1, 0.15) is 6.04 Å². The highest BCUT2D eigenvalue weighted by Crippen LogP contribution is 2.19. The van der Waals surface area contributed by atoms with Crippen molar-refractivity contribution >= 4 is 34.3 Å². The second kappa shape index (κ2) is 8.09. The second-order valence-corrected chi connectivity index (χ2v) is 6.01. The van der Waals surface area contributed by atoms with Crippen molar-refractivity contribution in [1.82, 2.24) is 5.43 Å². The predicted molar refractivity (Wildman–Crippen MR) is 106 cm³/mol. The average molecular weight is 362 g/mol. The standard InChI is InChI=1S/C20H18N4O3/c1-14(22-18-10-9-16-6-2-3-7-17(16)12-18)20(25)23-21-13-15-5-4-8-19(11-15)24(26)27/h2-14,22H,1H3,(H,23,25). The van der Waals surface area contributed by atoms with Gasteiger partial charge in [0.05, 0.1) is 11.1 Å². The van der Waals surface area contributed by atoms with E-state index in [0.717, 1.165) is 16.5 Å². The Morgan fingerprint density at radius 2 is 1.85 bits per heavy atom. The minimum atomic E-state index is -0.506. The molecule has 0 bridgehead atoms. The Kier molecular flexibility index (Phi) is 5.41. The molecule has 7 nitrogen and oxygen atoms in total. The van der Waals surface area contributed by atoms with E-state index in [4.69, 9.17) is 0 Å². The van der Waals surface area contributed by atoms with E-state index in [-0.39, 0.29) is 11.6 Å². The molecular weight excluding hydrogens is 344 g/mol. The van der Waals surface area contributed by atoms with Crippen molar-refractivity contribution in [3.05, 3.63) is 82.4 Å². The van der Waals surface area contributed by atoms with E-state index in [1.54, 1.807) is 19.1 Å². The van der Waals surface area contributed by atoms with Gasteiger partial charge in [0.15, 0.2) is 0 Å². The lowest BCUT2D eigenvalue weighted by Gasteiger charge is -2.14. The van der Waals surface area contributed by atoms with Crippen LogP contribution in [0.15, 0.2) is 71.8 Å². The maximum Gasteiger partial charge on any atom is 0.270 e. The van der Waals surface area contributed by atoms with Crippen LogP contribution in [0.25, 0.3) is 10.8 Å². The third-order valence-electron chi connectivity index (χ3n) is 4.00. The van der Waals surface area contributed by atoms with Gasteiger partial charge in [0, 0.05) is 23.4 Å². The van der Waals surface area contributed by atoms with Gasteiger partial charge in [-0.25, -0.2) is 5.43 Å². The molecule has 3 aromatic rings.